The molecule has 2 N–H and O–H groups in total. The molecule has 2 amide bonds. The van der Waals surface area contributed by atoms with Crippen molar-refractivity contribution in [2.75, 3.05) is 18.4 Å². The number of aliphatic carboxylic acids is 1. The van der Waals surface area contributed by atoms with Gasteiger partial charge in [0.05, 0.1) is 16.1 Å². The summed E-state index contributed by atoms with van der Waals surface area (Å²) in [5.74, 6) is -1.34. The second-order valence-electron chi connectivity index (χ2n) is 5.41. The molecule has 114 valence electrons. The van der Waals surface area contributed by atoms with E-state index in [2.05, 4.69) is 5.32 Å². The van der Waals surface area contributed by atoms with Crippen LogP contribution >= 0.6 is 11.6 Å². The number of nitrogens with zero attached hydrogens (tertiary/aromatic N) is 1. The van der Waals surface area contributed by atoms with Gasteiger partial charge in [-0.2, -0.15) is 0 Å². The molecule has 0 radical (unpaired) electrons. The third-order valence-corrected chi connectivity index (χ3v) is 4.17. The molecule has 1 aliphatic rings. The van der Waals surface area contributed by atoms with Gasteiger partial charge in [-0.3, -0.25) is 4.79 Å². The molecule has 1 aromatic rings. The Kier molecular flexibility index (Phi) is 4.37. The molecule has 2 rings (SSSR count). The first-order valence-electron chi connectivity index (χ1n) is 6.56. The van der Waals surface area contributed by atoms with Crippen molar-refractivity contribution in [2.24, 2.45) is 5.41 Å². The minimum atomic E-state index is -0.851. The van der Waals surface area contributed by atoms with Crippen LogP contribution in [-0.4, -0.2) is 35.1 Å². The second kappa shape index (κ2) is 5.89. The Morgan fingerprint density at radius 1 is 1.38 bits per heavy atom. The molecule has 0 atom stereocenters. The molecule has 1 aliphatic heterocycles. The summed E-state index contributed by atoms with van der Waals surface area (Å²) in [6, 6.07) is 3.31. The normalized spacial score (nSPS) is 17.4. The van der Waals surface area contributed by atoms with Gasteiger partial charge >= 0.3 is 12.0 Å². The van der Waals surface area contributed by atoms with Gasteiger partial charge in [0, 0.05) is 13.1 Å². The van der Waals surface area contributed by atoms with Crippen molar-refractivity contribution in [1.82, 2.24) is 4.90 Å². The van der Waals surface area contributed by atoms with Crippen LogP contribution in [0.5, 0.6) is 0 Å². The summed E-state index contributed by atoms with van der Waals surface area (Å²) in [5.41, 5.74) is -0.596. The number of amides is 2. The highest BCUT2D eigenvalue weighted by molar-refractivity contribution is 6.33. The van der Waals surface area contributed by atoms with Crippen LogP contribution in [0.1, 0.15) is 19.8 Å². The largest absolute Gasteiger partial charge is 0.481 e. The number of nitrogens with one attached hydrogen (secondary N) is 1. The predicted molar refractivity (Wildman–Crippen MR) is 77.0 cm³/mol. The number of hydrogen-bond donors (Lipinski definition) is 2. The van der Waals surface area contributed by atoms with Gasteiger partial charge in [-0.25, -0.2) is 9.18 Å². The molecule has 0 aromatic heterocycles. The summed E-state index contributed by atoms with van der Waals surface area (Å²) >= 11 is 5.89. The summed E-state index contributed by atoms with van der Waals surface area (Å²) in [6.07, 6.45) is 0.763. The van der Waals surface area contributed by atoms with Gasteiger partial charge in [0.1, 0.15) is 5.82 Å². The van der Waals surface area contributed by atoms with Crippen LogP contribution in [0.2, 0.25) is 5.02 Å². The SMILES string of the molecule is CC1(C(=O)O)CCN(C(=O)Nc2cc(F)ccc2Cl)CC1. The van der Waals surface area contributed by atoms with E-state index in [0.29, 0.717) is 25.9 Å². The van der Waals surface area contributed by atoms with Gasteiger partial charge < -0.3 is 15.3 Å². The van der Waals surface area contributed by atoms with Crippen LogP contribution in [0, 0.1) is 11.2 Å². The molecule has 1 saturated heterocycles. The number of halogens is 2. The predicted octanol–water partition coefficient (Wildman–Crippen LogP) is 3.20. The van der Waals surface area contributed by atoms with Gasteiger partial charge in [-0.1, -0.05) is 11.6 Å². The van der Waals surface area contributed by atoms with Crippen molar-refractivity contribution in [2.45, 2.75) is 19.8 Å². The van der Waals surface area contributed by atoms with Crippen molar-refractivity contribution in [3.63, 3.8) is 0 Å². The molecular weight excluding hydrogens is 299 g/mol. The van der Waals surface area contributed by atoms with E-state index < -0.39 is 23.2 Å². The zero-order valence-electron chi connectivity index (χ0n) is 11.5. The lowest BCUT2D eigenvalue weighted by Gasteiger charge is -2.36. The average Bonchev–Trinajstić information content (AvgIpc) is 2.43. The van der Waals surface area contributed by atoms with Crippen LogP contribution in [0.4, 0.5) is 14.9 Å². The Bertz CT molecular complexity index is 571. The third kappa shape index (κ3) is 3.44. The van der Waals surface area contributed by atoms with Crippen LogP contribution in [-0.2, 0) is 4.79 Å². The summed E-state index contributed by atoms with van der Waals surface area (Å²) in [7, 11) is 0. The lowest BCUT2D eigenvalue weighted by Crippen LogP contribution is -2.46. The van der Waals surface area contributed by atoms with E-state index in [1.165, 1.54) is 17.0 Å². The summed E-state index contributed by atoms with van der Waals surface area (Å²) in [6.45, 7) is 2.34. The third-order valence-electron chi connectivity index (χ3n) is 3.84. The van der Waals surface area contributed by atoms with Crippen molar-refractivity contribution < 1.29 is 19.1 Å². The zero-order valence-corrected chi connectivity index (χ0v) is 12.3. The van der Waals surface area contributed by atoms with Crippen LogP contribution in [0.15, 0.2) is 18.2 Å². The van der Waals surface area contributed by atoms with Gasteiger partial charge in [0.2, 0.25) is 0 Å². The highest BCUT2D eigenvalue weighted by Crippen LogP contribution is 2.31. The molecular formula is C14H16ClFN2O3. The fraction of sp³-hybridized carbons (Fsp3) is 0.429. The van der Waals surface area contributed by atoms with Gasteiger partial charge in [-0.05, 0) is 38.0 Å². The quantitative estimate of drug-likeness (QED) is 0.880. The number of hydrogen-bond acceptors (Lipinski definition) is 2. The van der Waals surface area contributed by atoms with E-state index in [1.54, 1.807) is 6.92 Å². The van der Waals surface area contributed by atoms with Crippen LogP contribution in [0.25, 0.3) is 0 Å². The number of anilines is 1. The average molecular weight is 315 g/mol. The molecule has 7 heteroatoms. The number of urea groups is 1. The van der Waals surface area contributed by atoms with Crippen molar-refractivity contribution in [1.29, 1.82) is 0 Å². The van der Waals surface area contributed by atoms with Gasteiger partial charge in [0.15, 0.2) is 0 Å². The van der Waals surface area contributed by atoms with Crippen LogP contribution in [0.3, 0.4) is 0 Å². The first kappa shape index (κ1) is 15.6. The molecule has 21 heavy (non-hydrogen) atoms. The maximum absolute atomic E-state index is 13.1. The highest BCUT2D eigenvalue weighted by atomic mass is 35.5. The van der Waals surface area contributed by atoms with Crippen molar-refractivity contribution >= 4 is 29.3 Å². The van der Waals surface area contributed by atoms with E-state index in [1.807, 2.05) is 0 Å². The second-order valence-corrected chi connectivity index (χ2v) is 5.81. The Hall–Kier alpha value is -1.82. The molecule has 0 aliphatic carbocycles. The first-order chi connectivity index (χ1) is 9.82. The van der Waals surface area contributed by atoms with Crippen molar-refractivity contribution in [3.05, 3.63) is 29.0 Å². The number of piperidine rings is 1. The monoisotopic (exact) mass is 314 g/mol. The zero-order chi connectivity index (χ0) is 15.6. The molecule has 0 unspecified atom stereocenters. The number of carboxylic acids is 1. The van der Waals surface area contributed by atoms with Gasteiger partial charge in [-0.15, -0.1) is 0 Å². The molecule has 0 bridgehead atoms. The molecule has 1 heterocycles. The fourth-order valence-electron chi connectivity index (χ4n) is 2.20. The van der Waals surface area contributed by atoms with E-state index in [0.717, 1.165) is 6.07 Å². The number of rotatable bonds is 2. The molecule has 0 spiro atoms. The topological polar surface area (TPSA) is 69.6 Å². The summed E-state index contributed by atoms with van der Waals surface area (Å²) in [5, 5.41) is 11.9. The Morgan fingerprint density at radius 2 is 2.00 bits per heavy atom. The lowest BCUT2D eigenvalue weighted by atomic mass is 9.80. The van der Waals surface area contributed by atoms with Crippen molar-refractivity contribution in [3.8, 4) is 0 Å². The number of carboxylic acid groups (broad SMARTS) is 1. The van der Waals surface area contributed by atoms with E-state index in [9.17, 15) is 14.0 Å². The molecule has 1 fully saturated rings. The Balaban J connectivity index is 2.00. The molecule has 1 aromatic carbocycles. The molecule has 5 nitrogen and oxygen atoms in total. The van der Waals surface area contributed by atoms with Gasteiger partial charge in [0.25, 0.3) is 0 Å². The number of benzene rings is 1. The maximum Gasteiger partial charge on any atom is 0.321 e. The smallest absolute Gasteiger partial charge is 0.321 e. The van der Waals surface area contributed by atoms with Crippen LogP contribution < -0.4 is 5.32 Å². The minimum absolute atomic E-state index is 0.202. The minimum Gasteiger partial charge on any atom is -0.481 e. The van der Waals surface area contributed by atoms with E-state index in [-0.39, 0.29) is 10.7 Å². The fourth-order valence-corrected chi connectivity index (χ4v) is 2.37. The molecule has 0 saturated carbocycles. The number of carbonyl (C=O) groups excluding carboxylic acids is 1. The Labute approximate surface area is 126 Å². The standard InChI is InChI=1S/C14H16ClFN2O3/c1-14(12(19)20)4-6-18(7-5-14)13(21)17-11-8-9(16)2-3-10(11)15/h2-3,8H,4-7H2,1H3,(H,17,21)(H,19,20). The lowest BCUT2D eigenvalue weighted by molar-refractivity contribution is -0.150. The van der Waals surface area contributed by atoms with E-state index >= 15 is 0 Å². The Morgan fingerprint density at radius 3 is 2.57 bits per heavy atom. The first-order valence-corrected chi connectivity index (χ1v) is 6.94. The highest BCUT2D eigenvalue weighted by Gasteiger charge is 2.38. The number of likely N-dealkylation sites (tertiary alicyclic amines) is 1. The summed E-state index contributed by atoms with van der Waals surface area (Å²) < 4.78 is 13.1. The van der Waals surface area contributed by atoms with E-state index in [4.69, 9.17) is 16.7 Å². The summed E-state index contributed by atoms with van der Waals surface area (Å²) in [4.78, 5) is 24.8. The number of carbonyl (C=O) groups is 2. The maximum atomic E-state index is 13.1.